The summed E-state index contributed by atoms with van der Waals surface area (Å²) in [6.07, 6.45) is -0.157. The van der Waals surface area contributed by atoms with Crippen molar-refractivity contribution in [2.75, 3.05) is 12.4 Å². The van der Waals surface area contributed by atoms with Crippen molar-refractivity contribution < 1.29 is 23.9 Å². The highest BCUT2D eigenvalue weighted by molar-refractivity contribution is 5.97. The van der Waals surface area contributed by atoms with Crippen LogP contribution in [-0.2, 0) is 19.1 Å². The predicted octanol–water partition coefficient (Wildman–Crippen LogP) is 0.995. The summed E-state index contributed by atoms with van der Waals surface area (Å²) in [5.74, 6) is -1.79. The number of rotatable bonds is 6. The standard InChI is InChI=1S/C16H21N3O5/c1-10(2)15(22)17-12-6-4-11(5-7-12)16(23)19-18-13(20)8-9-14(21)24-3/h4-7,10H,8-9H2,1-3H3,(H,17,22)(H,18,20)(H,19,23). The molecule has 3 N–H and O–H groups in total. The van der Waals surface area contributed by atoms with Gasteiger partial charge in [-0.05, 0) is 24.3 Å². The summed E-state index contributed by atoms with van der Waals surface area (Å²) >= 11 is 0. The minimum Gasteiger partial charge on any atom is -0.469 e. The first-order valence-corrected chi connectivity index (χ1v) is 7.40. The van der Waals surface area contributed by atoms with E-state index in [0.29, 0.717) is 11.3 Å². The minimum absolute atomic E-state index is 0.0670. The molecule has 0 heterocycles. The van der Waals surface area contributed by atoms with Crippen molar-refractivity contribution in [3.63, 3.8) is 0 Å². The fourth-order valence-electron chi connectivity index (χ4n) is 1.57. The summed E-state index contributed by atoms with van der Waals surface area (Å²) in [5.41, 5.74) is 5.33. The lowest BCUT2D eigenvalue weighted by Crippen LogP contribution is -2.41. The first kappa shape index (κ1) is 19.1. The molecule has 3 amide bonds. The summed E-state index contributed by atoms with van der Waals surface area (Å²) in [6.45, 7) is 3.56. The van der Waals surface area contributed by atoms with E-state index >= 15 is 0 Å². The van der Waals surface area contributed by atoms with Crippen molar-refractivity contribution in [3.05, 3.63) is 29.8 Å². The Hall–Kier alpha value is -2.90. The van der Waals surface area contributed by atoms with Crippen LogP contribution < -0.4 is 16.2 Å². The lowest BCUT2D eigenvalue weighted by molar-refractivity contribution is -0.142. The maximum absolute atomic E-state index is 11.9. The summed E-state index contributed by atoms with van der Waals surface area (Å²) < 4.78 is 4.41. The third kappa shape index (κ3) is 6.47. The van der Waals surface area contributed by atoms with Gasteiger partial charge in [0.2, 0.25) is 11.8 Å². The molecule has 0 aliphatic carbocycles. The fourth-order valence-corrected chi connectivity index (χ4v) is 1.57. The molecule has 0 aliphatic heterocycles. The zero-order valence-electron chi connectivity index (χ0n) is 13.8. The molecule has 24 heavy (non-hydrogen) atoms. The molecule has 8 nitrogen and oxygen atoms in total. The summed E-state index contributed by atoms with van der Waals surface area (Å²) in [5, 5.41) is 2.71. The Morgan fingerprint density at radius 1 is 1.00 bits per heavy atom. The Morgan fingerprint density at radius 3 is 2.17 bits per heavy atom. The molecule has 0 unspecified atom stereocenters. The van der Waals surface area contributed by atoms with E-state index in [1.165, 1.54) is 19.2 Å². The number of carbonyl (C=O) groups excluding carboxylic acids is 4. The average Bonchev–Trinajstić information content (AvgIpc) is 2.57. The van der Waals surface area contributed by atoms with Crippen LogP contribution in [0.4, 0.5) is 5.69 Å². The zero-order chi connectivity index (χ0) is 18.1. The number of hydrogen-bond donors (Lipinski definition) is 3. The number of methoxy groups -OCH3 is 1. The number of hydrogen-bond acceptors (Lipinski definition) is 5. The number of benzene rings is 1. The van der Waals surface area contributed by atoms with Gasteiger partial charge in [0.15, 0.2) is 0 Å². The molecular weight excluding hydrogens is 314 g/mol. The first-order valence-electron chi connectivity index (χ1n) is 7.40. The highest BCUT2D eigenvalue weighted by Crippen LogP contribution is 2.10. The van der Waals surface area contributed by atoms with Crippen molar-refractivity contribution in [3.8, 4) is 0 Å². The number of anilines is 1. The van der Waals surface area contributed by atoms with E-state index in [9.17, 15) is 19.2 Å². The van der Waals surface area contributed by atoms with E-state index in [1.54, 1.807) is 26.0 Å². The van der Waals surface area contributed by atoms with Gasteiger partial charge in [-0.15, -0.1) is 0 Å². The van der Waals surface area contributed by atoms with E-state index in [4.69, 9.17) is 0 Å². The SMILES string of the molecule is COC(=O)CCC(=O)NNC(=O)c1ccc(NC(=O)C(C)C)cc1. The van der Waals surface area contributed by atoms with Gasteiger partial charge < -0.3 is 10.1 Å². The highest BCUT2D eigenvalue weighted by Gasteiger charge is 2.11. The minimum atomic E-state index is -0.511. The molecule has 8 heteroatoms. The van der Waals surface area contributed by atoms with Gasteiger partial charge >= 0.3 is 5.97 Å². The van der Waals surface area contributed by atoms with E-state index in [1.807, 2.05) is 0 Å². The van der Waals surface area contributed by atoms with Gasteiger partial charge in [-0.3, -0.25) is 30.0 Å². The van der Waals surface area contributed by atoms with Gasteiger partial charge in [-0.1, -0.05) is 13.8 Å². The molecule has 0 aromatic heterocycles. The Bertz CT molecular complexity index is 611. The van der Waals surface area contributed by atoms with Crippen molar-refractivity contribution >= 4 is 29.4 Å². The lowest BCUT2D eigenvalue weighted by atomic mass is 10.1. The van der Waals surface area contributed by atoms with Crippen molar-refractivity contribution in [2.24, 2.45) is 5.92 Å². The summed E-state index contributed by atoms with van der Waals surface area (Å²) in [6, 6.07) is 6.22. The van der Waals surface area contributed by atoms with Crippen LogP contribution in [0.1, 0.15) is 37.0 Å². The van der Waals surface area contributed by atoms with Crippen LogP contribution in [-0.4, -0.2) is 30.8 Å². The van der Waals surface area contributed by atoms with Crippen molar-refractivity contribution in [2.45, 2.75) is 26.7 Å². The number of amides is 3. The molecule has 0 spiro atoms. The molecule has 130 valence electrons. The second kappa shape index (κ2) is 9.29. The predicted molar refractivity (Wildman–Crippen MR) is 86.8 cm³/mol. The van der Waals surface area contributed by atoms with Gasteiger partial charge in [-0.2, -0.15) is 0 Å². The Morgan fingerprint density at radius 2 is 1.62 bits per heavy atom. The van der Waals surface area contributed by atoms with E-state index in [0.717, 1.165) is 0 Å². The second-order valence-electron chi connectivity index (χ2n) is 5.30. The summed E-state index contributed by atoms with van der Waals surface area (Å²) in [7, 11) is 1.23. The quantitative estimate of drug-likeness (QED) is 0.530. The lowest BCUT2D eigenvalue weighted by Gasteiger charge is -2.09. The molecular formula is C16H21N3O5. The van der Waals surface area contributed by atoms with Crippen LogP contribution in [0, 0.1) is 5.92 Å². The molecule has 1 aromatic rings. The van der Waals surface area contributed by atoms with Crippen molar-refractivity contribution in [1.29, 1.82) is 0 Å². The van der Waals surface area contributed by atoms with Crippen LogP contribution in [0.3, 0.4) is 0 Å². The molecule has 1 rings (SSSR count). The third-order valence-electron chi connectivity index (χ3n) is 3.04. The highest BCUT2D eigenvalue weighted by atomic mass is 16.5. The topological polar surface area (TPSA) is 114 Å². The van der Waals surface area contributed by atoms with Crippen LogP contribution in [0.2, 0.25) is 0 Å². The normalized spacial score (nSPS) is 10.0. The average molecular weight is 335 g/mol. The maximum Gasteiger partial charge on any atom is 0.306 e. The Balaban J connectivity index is 2.46. The Kier molecular flexibility index (Phi) is 7.41. The number of hydrazine groups is 1. The molecule has 0 fully saturated rings. The van der Waals surface area contributed by atoms with Gasteiger partial charge in [0.25, 0.3) is 5.91 Å². The number of carbonyl (C=O) groups is 4. The zero-order valence-corrected chi connectivity index (χ0v) is 13.8. The maximum atomic E-state index is 11.9. The fraction of sp³-hybridized carbons (Fsp3) is 0.375. The van der Waals surface area contributed by atoms with E-state index in [-0.39, 0.29) is 24.7 Å². The number of nitrogens with one attached hydrogen (secondary N) is 3. The summed E-state index contributed by atoms with van der Waals surface area (Å²) in [4.78, 5) is 45.8. The van der Waals surface area contributed by atoms with Crippen LogP contribution in [0.5, 0.6) is 0 Å². The third-order valence-corrected chi connectivity index (χ3v) is 3.04. The van der Waals surface area contributed by atoms with Crippen LogP contribution in [0.15, 0.2) is 24.3 Å². The molecule has 1 aromatic carbocycles. The van der Waals surface area contributed by atoms with Crippen molar-refractivity contribution in [1.82, 2.24) is 10.9 Å². The molecule has 0 atom stereocenters. The van der Waals surface area contributed by atoms with E-state index < -0.39 is 17.8 Å². The molecule has 0 radical (unpaired) electrons. The number of ether oxygens (including phenoxy) is 1. The van der Waals surface area contributed by atoms with Crippen LogP contribution >= 0.6 is 0 Å². The van der Waals surface area contributed by atoms with Gasteiger partial charge in [0.05, 0.1) is 13.5 Å². The smallest absolute Gasteiger partial charge is 0.306 e. The monoisotopic (exact) mass is 335 g/mol. The largest absolute Gasteiger partial charge is 0.469 e. The molecule has 0 saturated carbocycles. The molecule has 0 bridgehead atoms. The van der Waals surface area contributed by atoms with Gasteiger partial charge in [0.1, 0.15) is 0 Å². The van der Waals surface area contributed by atoms with Gasteiger partial charge in [-0.25, -0.2) is 0 Å². The second-order valence-corrected chi connectivity index (χ2v) is 5.30. The first-order chi connectivity index (χ1) is 11.3. The van der Waals surface area contributed by atoms with Crippen LogP contribution in [0.25, 0.3) is 0 Å². The van der Waals surface area contributed by atoms with E-state index in [2.05, 4.69) is 20.9 Å². The molecule has 0 saturated heterocycles. The Labute approximate surface area is 139 Å². The van der Waals surface area contributed by atoms with Gasteiger partial charge in [0, 0.05) is 23.6 Å². The number of esters is 1. The molecule has 0 aliphatic rings.